The van der Waals surface area contributed by atoms with Crippen molar-refractivity contribution in [1.29, 1.82) is 0 Å². The Morgan fingerprint density at radius 3 is 1.85 bits per heavy atom. The summed E-state index contributed by atoms with van der Waals surface area (Å²) in [6.45, 7) is 0. The van der Waals surface area contributed by atoms with Gasteiger partial charge in [0.2, 0.25) is 0 Å². The Morgan fingerprint density at radius 2 is 1.19 bits per heavy atom. The molecule has 0 aliphatic heterocycles. The first-order chi connectivity index (χ1) is 12.7. The Kier molecular flexibility index (Phi) is 4.72. The van der Waals surface area contributed by atoms with Gasteiger partial charge < -0.3 is 0 Å². The van der Waals surface area contributed by atoms with E-state index in [1.54, 1.807) is 0 Å². The molecule has 1 aromatic heterocycles. The second-order valence-electron chi connectivity index (χ2n) is 6.37. The molecule has 1 heterocycles. The summed E-state index contributed by atoms with van der Waals surface area (Å²) in [7, 11) is 2.11. The van der Waals surface area contributed by atoms with E-state index >= 15 is 0 Å². The zero-order chi connectivity index (χ0) is 17.9. The number of nitrogens with zero attached hydrogens (tertiary/aromatic N) is 1. The molecule has 124 valence electrons. The lowest BCUT2D eigenvalue weighted by atomic mass is 9.93. The fraction of sp³-hybridized carbons (Fsp3) is 0. The van der Waals surface area contributed by atoms with Gasteiger partial charge >= 0.3 is 0 Å². The van der Waals surface area contributed by atoms with Crippen LogP contribution >= 0.6 is 15.9 Å². The highest BCUT2D eigenvalue weighted by molar-refractivity contribution is 9.10. The van der Waals surface area contributed by atoms with Crippen LogP contribution in [0.15, 0.2) is 95.5 Å². The third-order valence-electron chi connectivity index (χ3n) is 4.37. The predicted molar refractivity (Wildman–Crippen MR) is 116 cm³/mol. The van der Waals surface area contributed by atoms with Crippen molar-refractivity contribution in [3.05, 3.63) is 95.5 Å². The van der Waals surface area contributed by atoms with Gasteiger partial charge in [0.15, 0.2) is 0 Å². The third-order valence-corrected chi connectivity index (χ3v) is 4.86. The molecule has 26 heavy (non-hydrogen) atoms. The van der Waals surface area contributed by atoms with Crippen molar-refractivity contribution < 1.29 is 0 Å². The van der Waals surface area contributed by atoms with E-state index in [4.69, 9.17) is 4.98 Å². The van der Waals surface area contributed by atoms with Gasteiger partial charge in [-0.05, 0) is 41.0 Å². The Morgan fingerprint density at radius 1 is 0.577 bits per heavy atom. The molecule has 0 atom stereocenters. The Bertz CT molecular complexity index is 997. The molecule has 0 fully saturated rings. The lowest BCUT2D eigenvalue weighted by Gasteiger charge is -2.11. The van der Waals surface area contributed by atoms with Crippen LogP contribution in [-0.2, 0) is 0 Å². The van der Waals surface area contributed by atoms with Crippen molar-refractivity contribution in [2.24, 2.45) is 0 Å². The van der Waals surface area contributed by atoms with E-state index in [2.05, 4.69) is 96.6 Å². The smallest absolute Gasteiger partial charge is 0.139 e. The fourth-order valence-corrected chi connectivity index (χ4v) is 3.48. The van der Waals surface area contributed by atoms with Crippen LogP contribution in [0.4, 0.5) is 0 Å². The van der Waals surface area contributed by atoms with Crippen molar-refractivity contribution in [1.82, 2.24) is 4.98 Å². The molecule has 4 rings (SSSR count). The van der Waals surface area contributed by atoms with Crippen LogP contribution in [0.1, 0.15) is 0 Å². The topological polar surface area (TPSA) is 12.9 Å². The maximum Gasteiger partial charge on any atom is 0.139 e. The molecule has 0 aliphatic carbocycles. The van der Waals surface area contributed by atoms with E-state index < -0.39 is 0 Å². The number of aromatic nitrogens is 1. The van der Waals surface area contributed by atoms with Gasteiger partial charge in [-0.2, -0.15) is 0 Å². The number of pyridine rings is 1. The molecule has 0 spiro atoms. The van der Waals surface area contributed by atoms with Crippen molar-refractivity contribution in [3.8, 4) is 33.6 Å². The van der Waals surface area contributed by atoms with Crippen LogP contribution < -0.4 is 5.46 Å². The van der Waals surface area contributed by atoms with Gasteiger partial charge in [0.05, 0.1) is 11.4 Å². The first-order valence-corrected chi connectivity index (χ1v) is 9.39. The number of rotatable bonds is 3. The molecule has 0 radical (unpaired) electrons. The molecule has 0 saturated carbocycles. The maximum absolute atomic E-state index is 4.96. The Balaban J connectivity index is 1.93. The molecule has 0 aliphatic rings. The van der Waals surface area contributed by atoms with E-state index in [0.29, 0.717) is 0 Å². The zero-order valence-electron chi connectivity index (χ0n) is 14.5. The third kappa shape index (κ3) is 3.63. The lowest BCUT2D eigenvalue weighted by Crippen LogP contribution is -2.01. The SMILES string of the molecule is Bc1cccc(-c2cc(-c3ccccc3)cc(-c3cccc(Br)c3)n2)c1. The molecule has 1 nitrogen and oxygen atoms in total. The molecule has 3 aromatic carbocycles. The van der Waals surface area contributed by atoms with E-state index in [0.717, 1.165) is 27.0 Å². The standard InChI is InChI=1S/C23H17BBrN/c24-20-10-4-8-17(12-20)22-14-19(16-6-2-1-3-7-16)15-23(26-22)18-9-5-11-21(25)13-18/h1-15H,24H2. The quantitative estimate of drug-likeness (QED) is 0.438. The van der Waals surface area contributed by atoms with Crippen molar-refractivity contribution in [3.63, 3.8) is 0 Å². The maximum atomic E-state index is 4.96. The number of halogens is 1. The van der Waals surface area contributed by atoms with E-state index in [-0.39, 0.29) is 0 Å². The highest BCUT2D eigenvalue weighted by Gasteiger charge is 2.09. The summed E-state index contributed by atoms with van der Waals surface area (Å²) in [4.78, 5) is 4.96. The zero-order valence-corrected chi connectivity index (χ0v) is 16.1. The number of hydrogen-bond acceptors (Lipinski definition) is 1. The Hall–Kier alpha value is -2.65. The largest absolute Gasteiger partial charge is 0.248 e. The summed E-state index contributed by atoms with van der Waals surface area (Å²) in [5, 5.41) is 0. The van der Waals surface area contributed by atoms with Crippen LogP contribution in [0.2, 0.25) is 0 Å². The molecular formula is C23H17BBrN. The van der Waals surface area contributed by atoms with E-state index in [9.17, 15) is 0 Å². The van der Waals surface area contributed by atoms with Crippen LogP contribution in [0.25, 0.3) is 33.6 Å². The monoisotopic (exact) mass is 397 g/mol. The summed E-state index contributed by atoms with van der Waals surface area (Å²) in [6.07, 6.45) is 0. The van der Waals surface area contributed by atoms with Crippen molar-refractivity contribution in [2.75, 3.05) is 0 Å². The summed E-state index contributed by atoms with van der Waals surface area (Å²) in [5.74, 6) is 0. The summed E-state index contributed by atoms with van der Waals surface area (Å²) >= 11 is 3.57. The summed E-state index contributed by atoms with van der Waals surface area (Å²) < 4.78 is 1.05. The Labute approximate surface area is 163 Å². The van der Waals surface area contributed by atoms with Gasteiger partial charge in [-0.25, -0.2) is 4.98 Å². The van der Waals surface area contributed by atoms with Crippen LogP contribution in [0.5, 0.6) is 0 Å². The lowest BCUT2D eigenvalue weighted by molar-refractivity contribution is 1.32. The minimum absolute atomic E-state index is 0.976. The van der Waals surface area contributed by atoms with Crippen LogP contribution in [-0.4, -0.2) is 12.8 Å². The molecule has 0 saturated heterocycles. The van der Waals surface area contributed by atoms with Crippen LogP contribution in [0.3, 0.4) is 0 Å². The van der Waals surface area contributed by atoms with Gasteiger partial charge in [0, 0.05) is 10.0 Å². The van der Waals surface area contributed by atoms with Crippen molar-refractivity contribution >= 4 is 29.2 Å². The second kappa shape index (κ2) is 7.31. The van der Waals surface area contributed by atoms with Gasteiger partial charge in [-0.1, -0.05) is 88.1 Å². The first kappa shape index (κ1) is 16.8. The molecule has 0 N–H and O–H groups in total. The van der Waals surface area contributed by atoms with Gasteiger partial charge in [-0.15, -0.1) is 0 Å². The average molecular weight is 398 g/mol. The average Bonchev–Trinajstić information content (AvgIpc) is 2.68. The predicted octanol–water partition coefficient (Wildman–Crippen LogP) is 5.10. The molecule has 0 unspecified atom stereocenters. The van der Waals surface area contributed by atoms with E-state index in [1.807, 2.05) is 18.2 Å². The number of hydrogen-bond donors (Lipinski definition) is 0. The highest BCUT2D eigenvalue weighted by atomic mass is 79.9. The minimum Gasteiger partial charge on any atom is -0.248 e. The normalized spacial score (nSPS) is 10.7. The summed E-state index contributed by atoms with van der Waals surface area (Å²) in [6, 6.07) is 31.6. The fourth-order valence-electron chi connectivity index (χ4n) is 3.08. The molecule has 0 amide bonds. The van der Waals surface area contributed by atoms with Crippen LogP contribution in [0, 0.1) is 0 Å². The minimum atomic E-state index is 0.976. The number of benzene rings is 3. The molecule has 0 bridgehead atoms. The van der Waals surface area contributed by atoms with Gasteiger partial charge in [0.1, 0.15) is 7.85 Å². The molecule has 3 heteroatoms. The second-order valence-corrected chi connectivity index (χ2v) is 7.29. The summed E-state index contributed by atoms with van der Waals surface area (Å²) in [5.41, 5.74) is 7.81. The molecule has 4 aromatic rings. The first-order valence-electron chi connectivity index (χ1n) is 8.59. The van der Waals surface area contributed by atoms with Crippen molar-refractivity contribution in [2.45, 2.75) is 0 Å². The highest BCUT2D eigenvalue weighted by Crippen LogP contribution is 2.30. The van der Waals surface area contributed by atoms with Gasteiger partial charge in [-0.3, -0.25) is 0 Å². The molecular weight excluding hydrogens is 381 g/mol. The van der Waals surface area contributed by atoms with Gasteiger partial charge in [0.25, 0.3) is 0 Å². The van der Waals surface area contributed by atoms with E-state index in [1.165, 1.54) is 16.6 Å².